The van der Waals surface area contributed by atoms with E-state index in [9.17, 15) is 17.6 Å². The molecule has 0 spiro atoms. The molecule has 0 aromatic heterocycles. The van der Waals surface area contributed by atoms with Gasteiger partial charge in [0, 0.05) is 0 Å². The molecule has 0 unspecified atom stereocenters. The third-order valence-corrected chi connectivity index (χ3v) is 10.1. The van der Waals surface area contributed by atoms with Crippen molar-refractivity contribution in [3.05, 3.63) is 261 Å². The molecule has 280 valence electrons. The van der Waals surface area contributed by atoms with Crippen LogP contribution in [0, 0.1) is 23.3 Å². The molecule has 0 bridgehead atoms. The van der Waals surface area contributed by atoms with Crippen LogP contribution in [-0.4, -0.2) is 0 Å². The Labute approximate surface area is 335 Å². The minimum absolute atomic E-state index is 0.328. The zero-order chi connectivity index (χ0) is 39.8. The monoisotopic (exact) mass is 760 g/mol. The molecule has 0 aliphatic heterocycles. The summed E-state index contributed by atoms with van der Waals surface area (Å²) in [5, 5.41) is 2.20. The van der Waals surface area contributed by atoms with Crippen molar-refractivity contribution in [3.8, 4) is 0 Å². The van der Waals surface area contributed by atoms with Crippen LogP contribution in [0.5, 0.6) is 0 Å². The van der Waals surface area contributed by atoms with Crippen LogP contribution < -0.4 is 0 Å². The van der Waals surface area contributed by atoms with E-state index in [0.29, 0.717) is 0 Å². The minimum atomic E-state index is -0.329. The standard InChI is InChI=1S/C54H36F4/c55-47-26-17-41(18-27-47)53(42-19-28-48(56)29-20-42)35-45-10-3-1-7-37(45)13-14-40-16-15-39-9-5-6-12-51(39)52(40)34-25-38-8-2-4-11-46(38)36-54(43-21-30-49(57)31-22-43)44-23-32-50(58)33-24-44/h1-36H/b14-13-,34-25-. The minimum Gasteiger partial charge on any atom is -0.207 e. The topological polar surface area (TPSA) is 0 Å². The highest BCUT2D eigenvalue weighted by Gasteiger charge is 2.11. The summed E-state index contributed by atoms with van der Waals surface area (Å²) in [6.45, 7) is 0. The molecule has 0 atom stereocenters. The second-order valence-electron chi connectivity index (χ2n) is 13.9. The number of hydrogen-bond donors (Lipinski definition) is 0. The van der Waals surface area contributed by atoms with Gasteiger partial charge in [0.15, 0.2) is 0 Å². The van der Waals surface area contributed by atoms with Gasteiger partial charge in [-0.3, -0.25) is 0 Å². The summed E-state index contributed by atoms with van der Waals surface area (Å²) in [6, 6.07) is 53.9. The molecule has 0 aliphatic carbocycles. The van der Waals surface area contributed by atoms with Gasteiger partial charge >= 0.3 is 0 Å². The molecule has 0 N–H and O–H groups in total. The fraction of sp³-hybridized carbons (Fsp3) is 0. The molecule has 4 heteroatoms. The van der Waals surface area contributed by atoms with Gasteiger partial charge in [-0.15, -0.1) is 0 Å². The maximum absolute atomic E-state index is 14.0. The quantitative estimate of drug-likeness (QED) is 0.0962. The maximum Gasteiger partial charge on any atom is 0.123 e. The van der Waals surface area contributed by atoms with E-state index in [4.69, 9.17) is 0 Å². The van der Waals surface area contributed by atoms with Crippen molar-refractivity contribution >= 4 is 58.4 Å². The highest BCUT2D eigenvalue weighted by Crippen LogP contribution is 2.32. The first-order valence-electron chi connectivity index (χ1n) is 18.9. The zero-order valence-electron chi connectivity index (χ0n) is 31.3. The molecule has 0 saturated carbocycles. The molecule has 0 amide bonds. The first-order chi connectivity index (χ1) is 28.4. The van der Waals surface area contributed by atoms with Crippen molar-refractivity contribution in [2.45, 2.75) is 0 Å². The van der Waals surface area contributed by atoms with E-state index >= 15 is 0 Å². The Bertz CT molecular complexity index is 2730. The van der Waals surface area contributed by atoms with Crippen molar-refractivity contribution < 1.29 is 17.6 Å². The number of halogens is 4. The first kappa shape index (κ1) is 37.6. The predicted molar refractivity (Wildman–Crippen MR) is 234 cm³/mol. The number of rotatable bonds is 10. The number of fused-ring (bicyclic) bond motifs is 1. The molecule has 0 aliphatic rings. The average Bonchev–Trinajstić information content (AvgIpc) is 3.25. The van der Waals surface area contributed by atoms with Crippen molar-refractivity contribution in [2.75, 3.05) is 0 Å². The average molecular weight is 761 g/mol. The summed E-state index contributed by atoms with van der Waals surface area (Å²) in [5.41, 5.74) is 10.8. The van der Waals surface area contributed by atoms with E-state index in [1.165, 1.54) is 48.5 Å². The highest BCUT2D eigenvalue weighted by molar-refractivity contribution is 5.99. The molecule has 0 fully saturated rings. The Morgan fingerprint density at radius 1 is 0.293 bits per heavy atom. The van der Waals surface area contributed by atoms with Crippen LogP contribution in [0.25, 0.3) is 58.4 Å². The summed E-state index contributed by atoms with van der Waals surface area (Å²) in [6.07, 6.45) is 12.6. The zero-order valence-corrected chi connectivity index (χ0v) is 31.3. The molecular weight excluding hydrogens is 725 g/mol. The molecule has 8 aromatic carbocycles. The van der Waals surface area contributed by atoms with Gasteiger partial charge in [-0.25, -0.2) is 17.6 Å². The van der Waals surface area contributed by atoms with Crippen molar-refractivity contribution in [1.82, 2.24) is 0 Å². The molecule has 8 aromatic rings. The smallest absolute Gasteiger partial charge is 0.123 e. The van der Waals surface area contributed by atoms with E-state index < -0.39 is 0 Å². The van der Waals surface area contributed by atoms with Crippen LogP contribution in [0.15, 0.2) is 182 Å². The molecule has 0 nitrogen and oxygen atoms in total. The van der Waals surface area contributed by atoms with Crippen molar-refractivity contribution in [3.63, 3.8) is 0 Å². The molecular formula is C54H36F4. The van der Waals surface area contributed by atoms with Crippen LogP contribution in [0.2, 0.25) is 0 Å². The Balaban J connectivity index is 1.19. The predicted octanol–water partition coefficient (Wildman–Crippen LogP) is 14.9. The molecule has 0 radical (unpaired) electrons. The van der Waals surface area contributed by atoms with Crippen LogP contribution >= 0.6 is 0 Å². The van der Waals surface area contributed by atoms with Crippen LogP contribution in [0.1, 0.15) is 55.6 Å². The second-order valence-corrected chi connectivity index (χ2v) is 13.9. The van der Waals surface area contributed by atoms with E-state index in [0.717, 1.165) is 77.6 Å². The first-order valence-corrected chi connectivity index (χ1v) is 18.9. The second kappa shape index (κ2) is 17.2. The van der Waals surface area contributed by atoms with Crippen LogP contribution in [0.3, 0.4) is 0 Å². The summed E-state index contributed by atoms with van der Waals surface area (Å²) < 4.78 is 55.8. The van der Waals surface area contributed by atoms with E-state index in [1.807, 2.05) is 54.6 Å². The molecule has 0 saturated heterocycles. The maximum atomic E-state index is 14.0. The van der Waals surface area contributed by atoms with Gasteiger partial charge in [-0.2, -0.15) is 0 Å². The number of hydrogen-bond acceptors (Lipinski definition) is 0. The van der Waals surface area contributed by atoms with Gasteiger partial charge in [0.2, 0.25) is 0 Å². The van der Waals surface area contributed by atoms with Crippen molar-refractivity contribution in [1.29, 1.82) is 0 Å². The van der Waals surface area contributed by atoms with Crippen LogP contribution in [-0.2, 0) is 0 Å². The van der Waals surface area contributed by atoms with Crippen molar-refractivity contribution in [2.24, 2.45) is 0 Å². The third kappa shape index (κ3) is 8.72. The number of benzene rings is 8. The summed E-state index contributed by atoms with van der Waals surface area (Å²) in [5.74, 6) is -1.31. The summed E-state index contributed by atoms with van der Waals surface area (Å²) in [7, 11) is 0. The van der Waals surface area contributed by atoms with Gasteiger partial charge in [-0.1, -0.05) is 158 Å². The SMILES string of the molecule is Fc1ccc(C(=Cc2ccccc2/C=C\c2ccc3ccccc3c2/C=C\c2ccccc2C=C(c2ccc(F)cc2)c2ccc(F)cc2)c2ccc(F)cc2)cc1. The fourth-order valence-corrected chi connectivity index (χ4v) is 7.08. The Morgan fingerprint density at radius 3 is 1.07 bits per heavy atom. The lowest BCUT2D eigenvalue weighted by Crippen LogP contribution is -1.91. The Kier molecular flexibility index (Phi) is 11.2. The molecule has 8 rings (SSSR count). The summed E-state index contributed by atoms with van der Waals surface area (Å²) >= 11 is 0. The van der Waals surface area contributed by atoms with Gasteiger partial charge in [-0.05, 0) is 138 Å². The highest BCUT2D eigenvalue weighted by atomic mass is 19.1. The summed E-state index contributed by atoms with van der Waals surface area (Å²) in [4.78, 5) is 0. The third-order valence-electron chi connectivity index (χ3n) is 10.1. The van der Waals surface area contributed by atoms with E-state index in [2.05, 4.69) is 66.8 Å². The Morgan fingerprint density at radius 2 is 0.638 bits per heavy atom. The van der Waals surface area contributed by atoms with Gasteiger partial charge < -0.3 is 0 Å². The fourth-order valence-electron chi connectivity index (χ4n) is 7.08. The van der Waals surface area contributed by atoms with Crippen LogP contribution in [0.4, 0.5) is 17.6 Å². The van der Waals surface area contributed by atoms with E-state index in [1.54, 1.807) is 48.5 Å². The Hall–Kier alpha value is -7.30. The lowest BCUT2D eigenvalue weighted by atomic mass is 9.93. The van der Waals surface area contributed by atoms with E-state index in [-0.39, 0.29) is 23.3 Å². The van der Waals surface area contributed by atoms with Gasteiger partial charge in [0.25, 0.3) is 0 Å². The lowest BCUT2D eigenvalue weighted by Gasteiger charge is -2.12. The lowest BCUT2D eigenvalue weighted by molar-refractivity contribution is 0.627. The molecule has 58 heavy (non-hydrogen) atoms. The van der Waals surface area contributed by atoms with Gasteiger partial charge in [0.1, 0.15) is 23.3 Å². The normalized spacial score (nSPS) is 11.3. The largest absolute Gasteiger partial charge is 0.207 e. The van der Waals surface area contributed by atoms with Gasteiger partial charge in [0.05, 0.1) is 0 Å². The molecule has 0 heterocycles.